The Balaban J connectivity index is 1.74. The van der Waals surface area contributed by atoms with Crippen molar-refractivity contribution in [2.45, 2.75) is 84.3 Å². The maximum absolute atomic E-state index is 12.6. The Morgan fingerprint density at radius 1 is 1.17 bits per heavy atom. The third kappa shape index (κ3) is 4.69. The van der Waals surface area contributed by atoms with Gasteiger partial charge in [-0.2, -0.15) is 0 Å². The van der Waals surface area contributed by atoms with E-state index in [2.05, 4.69) is 38.3 Å². The number of amides is 1. The van der Waals surface area contributed by atoms with Gasteiger partial charge in [0.15, 0.2) is 0 Å². The van der Waals surface area contributed by atoms with Crippen LogP contribution in [0.1, 0.15) is 63.6 Å². The van der Waals surface area contributed by atoms with E-state index < -0.39 is 0 Å². The quantitative estimate of drug-likeness (QED) is 0.728. The summed E-state index contributed by atoms with van der Waals surface area (Å²) >= 11 is 0. The lowest BCUT2D eigenvalue weighted by Crippen LogP contribution is -2.62. The van der Waals surface area contributed by atoms with Crippen molar-refractivity contribution in [2.75, 3.05) is 7.11 Å². The first-order chi connectivity index (χ1) is 13.9. The fourth-order valence-electron chi connectivity index (χ4n) is 5.04. The van der Waals surface area contributed by atoms with Crippen LogP contribution in [0.4, 0.5) is 0 Å². The summed E-state index contributed by atoms with van der Waals surface area (Å²) in [7, 11) is 1.59. The highest BCUT2D eigenvalue weighted by Gasteiger charge is 2.38. The summed E-state index contributed by atoms with van der Waals surface area (Å²) in [4.78, 5) is 25.3. The van der Waals surface area contributed by atoms with Gasteiger partial charge in [0.2, 0.25) is 5.91 Å². The highest BCUT2D eigenvalue weighted by atomic mass is 16.5. The molecule has 1 aliphatic rings. The molecule has 1 aliphatic heterocycles. The van der Waals surface area contributed by atoms with Crippen LogP contribution in [0, 0.1) is 13.8 Å². The number of hydrogen-bond acceptors (Lipinski definition) is 5. The molecule has 0 saturated carbocycles. The number of methoxy groups -OCH3 is 1. The van der Waals surface area contributed by atoms with Crippen LogP contribution >= 0.6 is 0 Å². The monoisotopic (exact) mass is 414 g/mol. The number of aryl methyl sites for hydroxylation is 2. The van der Waals surface area contributed by atoms with E-state index in [-0.39, 0.29) is 35.1 Å². The van der Waals surface area contributed by atoms with Crippen LogP contribution in [0.5, 0.6) is 5.75 Å². The van der Waals surface area contributed by atoms with E-state index >= 15 is 0 Å². The van der Waals surface area contributed by atoms with E-state index in [0.717, 1.165) is 29.4 Å². The van der Waals surface area contributed by atoms with Crippen molar-refractivity contribution in [2.24, 2.45) is 0 Å². The first-order valence-corrected chi connectivity index (χ1v) is 10.6. The molecule has 2 heterocycles. The third-order valence-corrected chi connectivity index (χ3v) is 6.03. The molecule has 1 saturated heterocycles. The average Bonchev–Trinajstić information content (AvgIpc) is 2.59. The summed E-state index contributed by atoms with van der Waals surface area (Å²) in [6.45, 7) is 12.4. The Morgan fingerprint density at radius 2 is 1.80 bits per heavy atom. The van der Waals surface area contributed by atoms with Crippen molar-refractivity contribution in [1.82, 2.24) is 10.6 Å². The summed E-state index contributed by atoms with van der Waals surface area (Å²) < 4.78 is 10.9. The van der Waals surface area contributed by atoms with Gasteiger partial charge in [-0.15, -0.1) is 0 Å². The standard InChI is InChI=1S/C24H34N2O4/c1-14-17-8-10-19(29-7)15(2)21(17)30-22(28)18(14)9-11-20(27)25-16-12-23(3,4)26-24(5,6)13-16/h8,10,16,26H,9,11-13H2,1-7H3,(H,25,27). The first kappa shape index (κ1) is 22.3. The minimum Gasteiger partial charge on any atom is -0.496 e. The Labute approximate surface area is 178 Å². The second-order valence-electron chi connectivity index (χ2n) is 9.83. The van der Waals surface area contributed by atoms with Gasteiger partial charge in [0, 0.05) is 40.1 Å². The fraction of sp³-hybridized carbons (Fsp3) is 0.583. The van der Waals surface area contributed by atoms with Gasteiger partial charge < -0.3 is 19.8 Å². The SMILES string of the molecule is COc1ccc2c(C)c(CCC(=O)NC3CC(C)(C)NC(C)(C)C3)c(=O)oc2c1C. The highest BCUT2D eigenvalue weighted by molar-refractivity contribution is 5.85. The minimum atomic E-state index is -0.381. The number of hydrogen-bond donors (Lipinski definition) is 2. The van der Waals surface area contributed by atoms with Crippen molar-refractivity contribution in [3.8, 4) is 5.75 Å². The van der Waals surface area contributed by atoms with Crippen molar-refractivity contribution in [3.63, 3.8) is 0 Å². The van der Waals surface area contributed by atoms with Gasteiger partial charge in [0.25, 0.3) is 0 Å². The predicted molar refractivity (Wildman–Crippen MR) is 119 cm³/mol. The molecule has 164 valence electrons. The van der Waals surface area contributed by atoms with Crippen molar-refractivity contribution in [3.05, 3.63) is 39.2 Å². The lowest BCUT2D eigenvalue weighted by Gasteiger charge is -2.46. The van der Waals surface area contributed by atoms with Gasteiger partial charge in [-0.3, -0.25) is 4.79 Å². The number of benzene rings is 1. The molecule has 3 rings (SSSR count). The normalized spacial score (nSPS) is 18.4. The lowest BCUT2D eigenvalue weighted by atomic mass is 9.79. The summed E-state index contributed by atoms with van der Waals surface area (Å²) in [5, 5.41) is 7.68. The Bertz CT molecular complexity index is 1000. The fourth-order valence-corrected chi connectivity index (χ4v) is 5.04. The molecule has 6 heteroatoms. The summed E-state index contributed by atoms with van der Waals surface area (Å²) in [6, 6.07) is 3.90. The number of ether oxygens (including phenoxy) is 1. The first-order valence-electron chi connectivity index (χ1n) is 10.6. The van der Waals surface area contributed by atoms with E-state index in [1.54, 1.807) is 7.11 Å². The summed E-state index contributed by atoms with van der Waals surface area (Å²) in [6.07, 6.45) is 2.37. The van der Waals surface area contributed by atoms with E-state index in [1.165, 1.54) is 0 Å². The van der Waals surface area contributed by atoms with Crippen molar-refractivity contribution < 1.29 is 13.9 Å². The van der Waals surface area contributed by atoms with Crippen LogP contribution in [0.2, 0.25) is 0 Å². The van der Waals surface area contributed by atoms with Crippen LogP contribution in [0.15, 0.2) is 21.3 Å². The molecule has 2 N–H and O–H groups in total. The second-order valence-corrected chi connectivity index (χ2v) is 9.83. The number of nitrogens with one attached hydrogen (secondary N) is 2. The number of carbonyl (C=O) groups excluding carboxylic acids is 1. The topological polar surface area (TPSA) is 80.6 Å². The molecule has 1 aromatic heterocycles. The molecule has 1 aromatic carbocycles. The van der Waals surface area contributed by atoms with Gasteiger partial charge in [0.05, 0.1) is 7.11 Å². The molecule has 0 spiro atoms. The molecular weight excluding hydrogens is 380 g/mol. The van der Waals surface area contributed by atoms with Crippen LogP contribution < -0.4 is 21.0 Å². The maximum atomic E-state index is 12.6. The minimum absolute atomic E-state index is 0.0293. The zero-order valence-corrected chi connectivity index (χ0v) is 19.2. The van der Waals surface area contributed by atoms with Crippen LogP contribution in [0.25, 0.3) is 11.0 Å². The van der Waals surface area contributed by atoms with Crippen molar-refractivity contribution >= 4 is 16.9 Å². The van der Waals surface area contributed by atoms with Gasteiger partial charge in [-0.1, -0.05) is 0 Å². The number of carbonyl (C=O) groups is 1. The molecular formula is C24H34N2O4. The van der Waals surface area contributed by atoms with Crippen molar-refractivity contribution in [1.29, 1.82) is 0 Å². The molecule has 0 radical (unpaired) electrons. The second kappa shape index (κ2) is 8.06. The molecule has 0 unspecified atom stereocenters. The molecule has 6 nitrogen and oxygen atoms in total. The average molecular weight is 415 g/mol. The number of fused-ring (bicyclic) bond motifs is 1. The van der Waals surface area contributed by atoms with Crippen LogP contribution in [-0.4, -0.2) is 30.1 Å². The molecule has 0 atom stereocenters. The molecule has 0 aliphatic carbocycles. The number of rotatable bonds is 5. The van der Waals surface area contributed by atoms with Gasteiger partial charge in [0.1, 0.15) is 11.3 Å². The predicted octanol–water partition coefficient (Wildman–Crippen LogP) is 3.78. The molecule has 1 fully saturated rings. The van der Waals surface area contributed by atoms with Gasteiger partial charge >= 0.3 is 5.63 Å². The summed E-state index contributed by atoms with van der Waals surface area (Å²) in [5.41, 5.74) is 2.33. The smallest absolute Gasteiger partial charge is 0.339 e. The zero-order chi connectivity index (χ0) is 22.3. The molecule has 0 bridgehead atoms. The van der Waals surface area contributed by atoms with Crippen LogP contribution in [-0.2, 0) is 11.2 Å². The molecule has 1 amide bonds. The lowest BCUT2D eigenvalue weighted by molar-refractivity contribution is -0.122. The summed E-state index contributed by atoms with van der Waals surface area (Å²) in [5.74, 6) is 0.656. The molecule has 2 aromatic rings. The highest BCUT2D eigenvalue weighted by Crippen LogP contribution is 2.30. The van der Waals surface area contributed by atoms with E-state index in [4.69, 9.17) is 9.15 Å². The number of piperidine rings is 1. The largest absolute Gasteiger partial charge is 0.496 e. The van der Waals surface area contributed by atoms with Crippen LogP contribution in [0.3, 0.4) is 0 Å². The Morgan fingerprint density at radius 3 is 2.40 bits per heavy atom. The van der Waals surface area contributed by atoms with Gasteiger partial charge in [-0.25, -0.2) is 4.79 Å². The van der Waals surface area contributed by atoms with E-state index in [9.17, 15) is 9.59 Å². The Kier molecular flexibility index (Phi) is 6.01. The third-order valence-electron chi connectivity index (χ3n) is 6.03. The Hall–Kier alpha value is -2.34. The zero-order valence-electron chi connectivity index (χ0n) is 19.2. The van der Waals surface area contributed by atoms with E-state index in [0.29, 0.717) is 23.3 Å². The maximum Gasteiger partial charge on any atom is 0.339 e. The van der Waals surface area contributed by atoms with Gasteiger partial charge in [-0.05, 0) is 78.5 Å². The van der Waals surface area contributed by atoms with E-state index in [1.807, 2.05) is 26.0 Å². The molecule has 30 heavy (non-hydrogen) atoms.